The zero-order valence-corrected chi connectivity index (χ0v) is 13.8. The van der Waals surface area contributed by atoms with Crippen molar-refractivity contribution in [2.45, 2.75) is 0 Å². The van der Waals surface area contributed by atoms with Crippen LogP contribution in [0.5, 0.6) is 11.5 Å². The van der Waals surface area contributed by atoms with Crippen LogP contribution >= 0.6 is 11.3 Å². The SMILES string of the molecule is O=Cc1c(-c2ccc3c(c2)OCCO3)nc2scc(-c3ccco3)n12. The minimum Gasteiger partial charge on any atom is -0.486 e. The minimum atomic E-state index is 0.485. The summed E-state index contributed by atoms with van der Waals surface area (Å²) < 4.78 is 18.5. The summed E-state index contributed by atoms with van der Waals surface area (Å²) in [6.45, 7) is 1.05. The predicted octanol–water partition coefficient (Wildman–Crippen LogP) is 3.91. The summed E-state index contributed by atoms with van der Waals surface area (Å²) in [6, 6.07) is 9.28. The Labute approximate surface area is 146 Å². The first kappa shape index (κ1) is 14.3. The lowest BCUT2D eigenvalue weighted by Crippen LogP contribution is -2.15. The van der Waals surface area contributed by atoms with Gasteiger partial charge in [-0.15, -0.1) is 11.3 Å². The third kappa shape index (κ3) is 2.16. The van der Waals surface area contributed by atoms with Crippen LogP contribution < -0.4 is 9.47 Å². The van der Waals surface area contributed by atoms with E-state index in [9.17, 15) is 4.79 Å². The normalized spacial score (nSPS) is 13.3. The molecule has 25 heavy (non-hydrogen) atoms. The number of furan rings is 1. The number of imidazole rings is 1. The molecule has 5 rings (SSSR count). The van der Waals surface area contributed by atoms with Crippen LogP contribution in [0.3, 0.4) is 0 Å². The number of ether oxygens (including phenoxy) is 2. The minimum absolute atomic E-state index is 0.485. The molecule has 1 aliphatic heterocycles. The Bertz CT molecular complexity index is 1080. The third-order valence-corrected chi connectivity index (χ3v) is 4.93. The van der Waals surface area contributed by atoms with Crippen LogP contribution in [-0.4, -0.2) is 28.9 Å². The molecule has 4 aromatic rings. The molecular weight excluding hydrogens is 340 g/mol. The van der Waals surface area contributed by atoms with Crippen LogP contribution in [-0.2, 0) is 0 Å². The largest absolute Gasteiger partial charge is 0.486 e. The average molecular weight is 352 g/mol. The highest BCUT2D eigenvalue weighted by atomic mass is 32.1. The smallest absolute Gasteiger partial charge is 0.195 e. The number of rotatable bonds is 3. The molecule has 7 heteroatoms. The number of benzene rings is 1. The van der Waals surface area contributed by atoms with Crippen molar-refractivity contribution in [1.82, 2.24) is 9.38 Å². The predicted molar refractivity (Wildman–Crippen MR) is 92.6 cm³/mol. The van der Waals surface area contributed by atoms with Crippen LogP contribution in [0.25, 0.3) is 27.7 Å². The number of fused-ring (bicyclic) bond motifs is 2. The molecule has 124 valence electrons. The third-order valence-electron chi connectivity index (χ3n) is 4.10. The van der Waals surface area contributed by atoms with E-state index in [1.807, 2.05) is 40.1 Å². The standard InChI is InChI=1S/C18H12N2O4S/c21-9-12-17(11-3-4-15-16(8-11)24-7-6-23-15)19-18-20(12)13(10-25-18)14-2-1-5-22-14/h1-5,8-10H,6-7H2. The van der Waals surface area contributed by atoms with Gasteiger partial charge in [-0.1, -0.05) is 0 Å². The van der Waals surface area contributed by atoms with Crippen molar-refractivity contribution in [2.24, 2.45) is 0 Å². The lowest BCUT2D eigenvalue weighted by Gasteiger charge is -2.18. The Morgan fingerprint density at radius 2 is 2.04 bits per heavy atom. The second-order valence-corrected chi connectivity index (χ2v) is 6.37. The van der Waals surface area contributed by atoms with Crippen molar-refractivity contribution in [3.05, 3.63) is 47.7 Å². The van der Waals surface area contributed by atoms with E-state index in [0.29, 0.717) is 41.9 Å². The molecule has 0 saturated carbocycles. The van der Waals surface area contributed by atoms with Gasteiger partial charge in [-0.3, -0.25) is 9.20 Å². The first-order valence-corrected chi connectivity index (χ1v) is 8.62. The molecule has 0 radical (unpaired) electrons. The number of hydrogen-bond donors (Lipinski definition) is 0. The number of thiazole rings is 1. The van der Waals surface area contributed by atoms with Crippen molar-refractivity contribution < 1.29 is 18.7 Å². The maximum Gasteiger partial charge on any atom is 0.195 e. The first-order valence-electron chi connectivity index (χ1n) is 7.74. The molecule has 0 spiro atoms. The number of aldehydes is 1. The molecule has 1 aromatic carbocycles. The number of nitrogens with zero attached hydrogens (tertiary/aromatic N) is 2. The van der Waals surface area contributed by atoms with Crippen molar-refractivity contribution in [3.63, 3.8) is 0 Å². The maximum atomic E-state index is 11.8. The van der Waals surface area contributed by atoms with E-state index in [-0.39, 0.29) is 0 Å². The van der Waals surface area contributed by atoms with Crippen molar-refractivity contribution in [3.8, 4) is 34.2 Å². The Balaban J connectivity index is 1.71. The van der Waals surface area contributed by atoms with Crippen molar-refractivity contribution >= 4 is 22.6 Å². The van der Waals surface area contributed by atoms with Crippen LogP contribution in [0, 0.1) is 0 Å². The highest BCUT2D eigenvalue weighted by molar-refractivity contribution is 7.15. The number of hydrogen-bond acceptors (Lipinski definition) is 6. The van der Waals surface area contributed by atoms with E-state index in [0.717, 1.165) is 22.5 Å². The Morgan fingerprint density at radius 1 is 1.16 bits per heavy atom. The van der Waals surface area contributed by atoms with Gasteiger partial charge in [-0.2, -0.15) is 0 Å². The summed E-state index contributed by atoms with van der Waals surface area (Å²) >= 11 is 1.46. The summed E-state index contributed by atoms with van der Waals surface area (Å²) in [6.07, 6.45) is 2.43. The van der Waals surface area contributed by atoms with Crippen LogP contribution in [0.4, 0.5) is 0 Å². The van der Waals surface area contributed by atoms with E-state index in [4.69, 9.17) is 13.9 Å². The molecular formula is C18H12N2O4S. The molecule has 0 amide bonds. The van der Waals surface area contributed by atoms with E-state index >= 15 is 0 Å². The summed E-state index contributed by atoms with van der Waals surface area (Å²) in [5.41, 5.74) is 2.72. The van der Waals surface area contributed by atoms with Gasteiger partial charge in [0.1, 0.15) is 30.3 Å². The number of carbonyl (C=O) groups is 1. The molecule has 0 aliphatic carbocycles. The summed E-state index contributed by atoms with van der Waals surface area (Å²) in [7, 11) is 0. The van der Waals surface area contributed by atoms with Crippen LogP contribution in [0.15, 0.2) is 46.4 Å². The number of aromatic nitrogens is 2. The summed E-state index contributed by atoms with van der Waals surface area (Å²) in [5, 5.41) is 1.93. The fraction of sp³-hybridized carbons (Fsp3) is 0.111. The number of carbonyl (C=O) groups excluding carboxylic acids is 1. The zero-order chi connectivity index (χ0) is 16.8. The molecule has 1 aliphatic rings. The Morgan fingerprint density at radius 3 is 2.84 bits per heavy atom. The lowest BCUT2D eigenvalue weighted by atomic mass is 10.1. The van der Waals surface area contributed by atoms with Gasteiger partial charge in [0.25, 0.3) is 0 Å². The quantitative estimate of drug-likeness (QED) is 0.523. The fourth-order valence-corrected chi connectivity index (χ4v) is 3.87. The van der Waals surface area contributed by atoms with Gasteiger partial charge < -0.3 is 13.9 Å². The lowest BCUT2D eigenvalue weighted by molar-refractivity contribution is 0.111. The van der Waals surface area contributed by atoms with Gasteiger partial charge in [-0.05, 0) is 30.3 Å². The molecule has 0 saturated heterocycles. The molecule has 0 bridgehead atoms. The van der Waals surface area contributed by atoms with Gasteiger partial charge in [0, 0.05) is 10.9 Å². The van der Waals surface area contributed by atoms with Crippen LogP contribution in [0.2, 0.25) is 0 Å². The highest BCUT2D eigenvalue weighted by Gasteiger charge is 2.21. The van der Waals surface area contributed by atoms with Gasteiger partial charge in [-0.25, -0.2) is 4.98 Å². The summed E-state index contributed by atoms with van der Waals surface area (Å²) in [5.74, 6) is 2.07. The molecule has 4 heterocycles. The average Bonchev–Trinajstić information content (AvgIpc) is 3.37. The zero-order valence-electron chi connectivity index (χ0n) is 13.0. The van der Waals surface area contributed by atoms with Crippen LogP contribution in [0.1, 0.15) is 10.5 Å². The molecule has 0 N–H and O–H groups in total. The molecule has 0 unspecified atom stereocenters. The molecule has 3 aromatic heterocycles. The molecule has 0 fully saturated rings. The van der Waals surface area contributed by atoms with Crippen molar-refractivity contribution in [2.75, 3.05) is 13.2 Å². The Hall–Kier alpha value is -3.06. The van der Waals surface area contributed by atoms with Crippen molar-refractivity contribution in [1.29, 1.82) is 0 Å². The first-order chi connectivity index (χ1) is 12.3. The summed E-state index contributed by atoms with van der Waals surface area (Å²) in [4.78, 5) is 17.2. The second-order valence-electron chi connectivity index (χ2n) is 5.54. The van der Waals surface area contributed by atoms with Gasteiger partial charge in [0.05, 0.1) is 6.26 Å². The highest BCUT2D eigenvalue weighted by Crippen LogP contribution is 2.37. The maximum absolute atomic E-state index is 11.8. The van der Waals surface area contributed by atoms with E-state index in [1.165, 1.54) is 11.3 Å². The van der Waals surface area contributed by atoms with E-state index < -0.39 is 0 Å². The molecule has 0 atom stereocenters. The van der Waals surface area contributed by atoms with Gasteiger partial charge in [0.2, 0.25) is 0 Å². The van der Waals surface area contributed by atoms with E-state index in [1.54, 1.807) is 6.26 Å². The topological polar surface area (TPSA) is 66.0 Å². The van der Waals surface area contributed by atoms with Gasteiger partial charge >= 0.3 is 0 Å². The van der Waals surface area contributed by atoms with E-state index in [2.05, 4.69) is 4.98 Å². The Kier molecular flexibility index (Phi) is 3.14. The monoisotopic (exact) mass is 352 g/mol. The van der Waals surface area contributed by atoms with Gasteiger partial charge in [0.15, 0.2) is 28.5 Å². The molecule has 6 nitrogen and oxygen atoms in total. The fourth-order valence-electron chi connectivity index (χ4n) is 2.99. The second kappa shape index (κ2) is 5.49.